The van der Waals surface area contributed by atoms with E-state index in [0.717, 1.165) is 38.5 Å². The second-order valence-electron chi connectivity index (χ2n) is 6.50. The summed E-state index contributed by atoms with van der Waals surface area (Å²) in [6, 6.07) is 8.58. The largest absolute Gasteiger partial charge is 0.385 e. The van der Waals surface area contributed by atoms with Crippen LogP contribution >= 0.6 is 24.0 Å². The standard InChI is InChI=1S/C19H31N3O.HI/c1-4-16-8-5-6-9-17(16)14-21-18(20-2)22-15-19(10-7-11-19)12-13-23-3;/h5-6,8-9H,4,7,10-15H2,1-3H3,(H2,20,21,22);1H. The van der Waals surface area contributed by atoms with Gasteiger partial charge in [0.05, 0.1) is 0 Å². The van der Waals surface area contributed by atoms with E-state index in [4.69, 9.17) is 4.74 Å². The number of benzene rings is 1. The summed E-state index contributed by atoms with van der Waals surface area (Å²) in [6.07, 6.45) is 6.11. The fraction of sp³-hybridized carbons (Fsp3) is 0.632. The molecule has 24 heavy (non-hydrogen) atoms. The molecule has 1 saturated carbocycles. The van der Waals surface area contributed by atoms with E-state index in [0.29, 0.717) is 5.41 Å². The summed E-state index contributed by atoms with van der Waals surface area (Å²) >= 11 is 0. The van der Waals surface area contributed by atoms with Crippen LogP contribution in [0.15, 0.2) is 29.3 Å². The smallest absolute Gasteiger partial charge is 0.191 e. The Labute approximate surface area is 163 Å². The zero-order valence-corrected chi connectivity index (χ0v) is 17.6. The second kappa shape index (κ2) is 10.9. The van der Waals surface area contributed by atoms with Gasteiger partial charge in [0.2, 0.25) is 0 Å². The average Bonchev–Trinajstić information content (AvgIpc) is 2.56. The van der Waals surface area contributed by atoms with Crippen molar-refractivity contribution >= 4 is 29.9 Å². The van der Waals surface area contributed by atoms with Crippen LogP contribution < -0.4 is 10.6 Å². The highest BCUT2D eigenvalue weighted by Gasteiger charge is 2.36. The molecule has 0 bridgehead atoms. The number of halogens is 1. The minimum Gasteiger partial charge on any atom is -0.385 e. The quantitative estimate of drug-likeness (QED) is 0.364. The van der Waals surface area contributed by atoms with Gasteiger partial charge in [0.25, 0.3) is 0 Å². The van der Waals surface area contributed by atoms with E-state index in [1.807, 2.05) is 7.05 Å². The topological polar surface area (TPSA) is 45.7 Å². The fourth-order valence-electron chi connectivity index (χ4n) is 3.26. The number of methoxy groups -OCH3 is 1. The van der Waals surface area contributed by atoms with Gasteiger partial charge >= 0.3 is 0 Å². The Morgan fingerprint density at radius 3 is 2.46 bits per heavy atom. The predicted molar refractivity (Wildman–Crippen MR) is 112 cm³/mol. The first kappa shape index (κ1) is 21.2. The van der Waals surface area contributed by atoms with E-state index < -0.39 is 0 Å². The lowest BCUT2D eigenvalue weighted by Crippen LogP contribution is -2.46. The molecule has 0 spiro atoms. The molecule has 1 aliphatic rings. The summed E-state index contributed by atoms with van der Waals surface area (Å²) < 4.78 is 5.26. The molecule has 5 heteroatoms. The van der Waals surface area contributed by atoms with Gasteiger partial charge in [-0.05, 0) is 42.2 Å². The Morgan fingerprint density at radius 1 is 1.21 bits per heavy atom. The van der Waals surface area contributed by atoms with Crippen molar-refractivity contribution in [1.82, 2.24) is 10.6 Å². The number of aryl methyl sites for hydroxylation is 1. The third kappa shape index (κ3) is 5.92. The Morgan fingerprint density at radius 2 is 1.92 bits per heavy atom. The van der Waals surface area contributed by atoms with Crippen LogP contribution in [0.5, 0.6) is 0 Å². The lowest BCUT2D eigenvalue weighted by molar-refractivity contribution is 0.0732. The summed E-state index contributed by atoms with van der Waals surface area (Å²) in [7, 11) is 3.62. The highest BCUT2D eigenvalue weighted by Crippen LogP contribution is 2.43. The van der Waals surface area contributed by atoms with Gasteiger partial charge in [0, 0.05) is 33.9 Å². The van der Waals surface area contributed by atoms with Crippen LogP contribution in [0.1, 0.15) is 43.7 Å². The van der Waals surface area contributed by atoms with E-state index in [1.54, 1.807) is 7.11 Å². The fourth-order valence-corrected chi connectivity index (χ4v) is 3.26. The molecule has 2 rings (SSSR count). The molecule has 0 saturated heterocycles. The number of aliphatic imine (C=N–C) groups is 1. The van der Waals surface area contributed by atoms with Crippen molar-refractivity contribution < 1.29 is 4.74 Å². The third-order valence-corrected chi connectivity index (χ3v) is 5.05. The molecule has 1 aliphatic carbocycles. The summed E-state index contributed by atoms with van der Waals surface area (Å²) in [5.74, 6) is 0.889. The van der Waals surface area contributed by atoms with E-state index >= 15 is 0 Å². The number of nitrogens with zero attached hydrogens (tertiary/aromatic N) is 1. The lowest BCUT2D eigenvalue weighted by Gasteiger charge is -2.42. The SMILES string of the molecule is CCc1ccccc1CNC(=NC)NCC1(CCOC)CCC1.I. The van der Waals surface area contributed by atoms with Crippen LogP contribution in [0.4, 0.5) is 0 Å². The van der Waals surface area contributed by atoms with E-state index in [1.165, 1.54) is 30.4 Å². The summed E-state index contributed by atoms with van der Waals surface area (Å²) in [5, 5.41) is 6.96. The summed E-state index contributed by atoms with van der Waals surface area (Å²) in [6.45, 7) is 4.83. The van der Waals surface area contributed by atoms with Crippen molar-refractivity contribution in [1.29, 1.82) is 0 Å². The molecule has 0 aliphatic heterocycles. The molecule has 136 valence electrons. The van der Waals surface area contributed by atoms with Crippen molar-refractivity contribution in [3.05, 3.63) is 35.4 Å². The van der Waals surface area contributed by atoms with Gasteiger partial charge in [-0.3, -0.25) is 4.99 Å². The molecule has 1 aromatic rings. The van der Waals surface area contributed by atoms with Crippen molar-refractivity contribution in [2.75, 3.05) is 27.3 Å². The molecular weight excluding hydrogens is 413 g/mol. The van der Waals surface area contributed by atoms with Gasteiger partial charge in [-0.2, -0.15) is 0 Å². The molecule has 2 N–H and O–H groups in total. The Hall–Kier alpha value is -0.820. The van der Waals surface area contributed by atoms with Crippen LogP contribution in [-0.4, -0.2) is 33.3 Å². The molecule has 0 heterocycles. The zero-order valence-electron chi connectivity index (χ0n) is 15.2. The normalized spacial score (nSPS) is 16.0. The second-order valence-corrected chi connectivity index (χ2v) is 6.50. The number of nitrogens with one attached hydrogen (secondary N) is 2. The first-order valence-electron chi connectivity index (χ1n) is 8.73. The molecule has 0 aromatic heterocycles. The maximum Gasteiger partial charge on any atom is 0.191 e. The highest BCUT2D eigenvalue weighted by atomic mass is 127. The third-order valence-electron chi connectivity index (χ3n) is 5.05. The van der Waals surface area contributed by atoms with Gasteiger partial charge in [-0.15, -0.1) is 24.0 Å². The lowest BCUT2D eigenvalue weighted by atomic mass is 9.67. The van der Waals surface area contributed by atoms with Crippen molar-refractivity contribution in [3.63, 3.8) is 0 Å². The predicted octanol–water partition coefficient (Wildman–Crippen LogP) is 3.74. The van der Waals surface area contributed by atoms with Crippen molar-refractivity contribution in [2.45, 2.75) is 45.6 Å². The maximum absolute atomic E-state index is 5.26. The van der Waals surface area contributed by atoms with Crippen LogP contribution in [0.3, 0.4) is 0 Å². The number of rotatable bonds is 8. The van der Waals surface area contributed by atoms with E-state index in [-0.39, 0.29) is 24.0 Å². The zero-order chi connectivity index (χ0) is 16.5. The molecular formula is C19H32IN3O. The first-order valence-corrected chi connectivity index (χ1v) is 8.73. The van der Waals surface area contributed by atoms with Crippen LogP contribution in [0, 0.1) is 5.41 Å². The molecule has 1 aromatic carbocycles. The van der Waals surface area contributed by atoms with Gasteiger partial charge < -0.3 is 15.4 Å². The van der Waals surface area contributed by atoms with Gasteiger partial charge in [-0.25, -0.2) is 0 Å². The summed E-state index contributed by atoms with van der Waals surface area (Å²) in [5.41, 5.74) is 3.14. The highest BCUT2D eigenvalue weighted by molar-refractivity contribution is 14.0. The van der Waals surface area contributed by atoms with E-state index in [9.17, 15) is 0 Å². The number of ether oxygens (including phenoxy) is 1. The Bertz CT molecular complexity index is 515. The Balaban J connectivity index is 0.00000288. The minimum absolute atomic E-state index is 0. The molecule has 1 fully saturated rings. The average molecular weight is 445 g/mol. The number of hydrogen-bond acceptors (Lipinski definition) is 2. The molecule has 0 radical (unpaired) electrons. The number of hydrogen-bond donors (Lipinski definition) is 2. The van der Waals surface area contributed by atoms with Crippen LogP contribution in [0.25, 0.3) is 0 Å². The molecule has 4 nitrogen and oxygen atoms in total. The van der Waals surface area contributed by atoms with Gasteiger partial charge in [-0.1, -0.05) is 37.6 Å². The first-order chi connectivity index (χ1) is 11.2. The van der Waals surface area contributed by atoms with Crippen LogP contribution in [-0.2, 0) is 17.7 Å². The van der Waals surface area contributed by atoms with Crippen LogP contribution in [0.2, 0.25) is 0 Å². The molecule has 0 amide bonds. The van der Waals surface area contributed by atoms with Crippen molar-refractivity contribution in [2.24, 2.45) is 10.4 Å². The van der Waals surface area contributed by atoms with E-state index in [2.05, 4.69) is 46.8 Å². The molecule has 0 unspecified atom stereocenters. The van der Waals surface area contributed by atoms with Crippen molar-refractivity contribution in [3.8, 4) is 0 Å². The minimum atomic E-state index is 0. The Kier molecular flexibility index (Phi) is 9.66. The monoisotopic (exact) mass is 445 g/mol. The van der Waals surface area contributed by atoms with Gasteiger partial charge in [0.1, 0.15) is 0 Å². The maximum atomic E-state index is 5.26. The molecule has 0 atom stereocenters. The number of guanidine groups is 1. The van der Waals surface area contributed by atoms with Gasteiger partial charge in [0.15, 0.2) is 5.96 Å². The summed E-state index contributed by atoms with van der Waals surface area (Å²) in [4.78, 5) is 4.36.